The van der Waals surface area contributed by atoms with Gasteiger partial charge in [-0.05, 0) is 36.4 Å². The zero-order valence-electron chi connectivity index (χ0n) is 8.40. The third-order valence-electron chi connectivity index (χ3n) is 1.34. The number of aliphatic hydroxyl groups excluding tert-OH is 1. The third-order valence-corrected chi connectivity index (χ3v) is 4.05. The van der Waals surface area contributed by atoms with Gasteiger partial charge in [0.25, 0.3) is 0 Å². The van der Waals surface area contributed by atoms with Gasteiger partial charge in [0, 0.05) is 3.58 Å². The Balaban J connectivity index is 4.29. The largest absolute Gasteiger partial charge is 0.391 e. The number of allylic oxidation sites excluding steroid dienone is 1. The molecule has 6 heteroatoms. The lowest BCUT2D eigenvalue weighted by Gasteiger charge is -2.15. The van der Waals surface area contributed by atoms with E-state index < -0.39 is 7.60 Å². The van der Waals surface area contributed by atoms with Gasteiger partial charge >= 0.3 is 7.60 Å². The Morgan fingerprint density at radius 1 is 1.43 bits per heavy atom. The Morgan fingerprint density at radius 3 is 2.29 bits per heavy atom. The minimum Gasteiger partial charge on any atom is -0.391 e. The summed E-state index contributed by atoms with van der Waals surface area (Å²) < 4.78 is 22.7. The van der Waals surface area contributed by atoms with E-state index in [0.717, 1.165) is 3.58 Å². The van der Waals surface area contributed by atoms with Crippen LogP contribution in [0.25, 0.3) is 0 Å². The summed E-state index contributed by atoms with van der Waals surface area (Å²) in [7, 11) is -2.98. The fourth-order valence-electron chi connectivity index (χ4n) is 0.811. The fourth-order valence-corrected chi connectivity index (χ4v) is 2.90. The van der Waals surface area contributed by atoms with Gasteiger partial charge in [-0.15, -0.1) is 0 Å². The van der Waals surface area contributed by atoms with Crippen LogP contribution in [-0.2, 0) is 13.6 Å². The molecule has 0 amide bonds. The zero-order chi connectivity index (χ0) is 11.0. The minimum absolute atomic E-state index is 0.0428. The molecule has 0 rings (SSSR count). The third kappa shape index (κ3) is 6.14. The molecule has 0 unspecified atom stereocenters. The summed E-state index contributed by atoms with van der Waals surface area (Å²) in [5.41, 5.74) is 0. The van der Waals surface area contributed by atoms with Gasteiger partial charge in [0.15, 0.2) is 0 Å². The van der Waals surface area contributed by atoms with Crippen LogP contribution in [0.3, 0.4) is 0 Å². The molecule has 84 valence electrons. The quantitative estimate of drug-likeness (QED) is 0.574. The van der Waals surface area contributed by atoms with E-state index in [9.17, 15) is 4.57 Å². The zero-order valence-corrected chi connectivity index (χ0v) is 11.5. The van der Waals surface area contributed by atoms with Crippen LogP contribution in [0.5, 0.6) is 0 Å². The second-order valence-electron chi connectivity index (χ2n) is 2.44. The van der Waals surface area contributed by atoms with Crippen LogP contribution in [-0.4, -0.2) is 31.1 Å². The van der Waals surface area contributed by atoms with Crippen molar-refractivity contribution in [3.63, 3.8) is 0 Å². The highest BCUT2D eigenvalue weighted by Gasteiger charge is 2.21. The molecule has 0 spiro atoms. The molecule has 0 saturated heterocycles. The maximum atomic E-state index is 11.9. The predicted octanol–water partition coefficient (Wildman–Crippen LogP) is 2.56. The van der Waals surface area contributed by atoms with E-state index in [4.69, 9.17) is 14.2 Å². The molecule has 0 aliphatic carbocycles. The Morgan fingerprint density at radius 2 is 1.93 bits per heavy atom. The molecule has 0 aliphatic rings. The van der Waals surface area contributed by atoms with Gasteiger partial charge in [0.1, 0.15) is 0 Å². The molecule has 0 aromatic heterocycles. The second-order valence-corrected chi connectivity index (χ2v) is 5.93. The van der Waals surface area contributed by atoms with E-state index in [1.54, 1.807) is 19.9 Å². The average molecular weight is 334 g/mol. The van der Waals surface area contributed by atoms with Crippen molar-refractivity contribution in [2.45, 2.75) is 13.8 Å². The van der Waals surface area contributed by atoms with Gasteiger partial charge in [-0.25, -0.2) is 0 Å². The Labute approximate surface area is 98.4 Å². The molecule has 0 aromatic rings. The van der Waals surface area contributed by atoms with E-state index in [0.29, 0.717) is 13.2 Å². The van der Waals surface area contributed by atoms with Crippen molar-refractivity contribution >= 4 is 30.2 Å². The lowest BCUT2D eigenvalue weighted by atomic mass is 10.6. The number of hydrogen-bond donors (Lipinski definition) is 1. The number of halogens is 1. The van der Waals surface area contributed by atoms with Crippen LogP contribution in [0.15, 0.2) is 9.66 Å². The fraction of sp³-hybridized carbons (Fsp3) is 0.750. The van der Waals surface area contributed by atoms with Gasteiger partial charge in [-0.2, -0.15) is 0 Å². The minimum atomic E-state index is -2.98. The molecule has 14 heavy (non-hydrogen) atoms. The summed E-state index contributed by atoms with van der Waals surface area (Å²) in [6.45, 7) is 4.22. The standard InChI is InChI=1S/C8H16IO4P/c1-3-12-14(11,13-4-2)6-5-8(9)7-10/h5,10H,3-4,6-7H2,1-2H3/b8-5+. The summed E-state index contributed by atoms with van der Waals surface area (Å²) in [6, 6.07) is 0. The first-order chi connectivity index (χ1) is 6.58. The van der Waals surface area contributed by atoms with Crippen molar-refractivity contribution in [1.29, 1.82) is 0 Å². The lowest BCUT2D eigenvalue weighted by Crippen LogP contribution is -1.99. The van der Waals surface area contributed by atoms with Crippen LogP contribution in [0.1, 0.15) is 13.8 Å². The van der Waals surface area contributed by atoms with Crippen molar-refractivity contribution in [2.24, 2.45) is 0 Å². The van der Waals surface area contributed by atoms with Crippen molar-refractivity contribution < 1.29 is 18.7 Å². The number of rotatable bonds is 7. The van der Waals surface area contributed by atoms with Crippen LogP contribution in [0, 0.1) is 0 Å². The first-order valence-corrected chi connectivity index (χ1v) is 7.22. The molecular weight excluding hydrogens is 318 g/mol. The van der Waals surface area contributed by atoms with Gasteiger partial charge < -0.3 is 14.2 Å². The molecule has 0 aromatic carbocycles. The topological polar surface area (TPSA) is 55.8 Å². The first kappa shape index (κ1) is 14.6. The highest BCUT2D eigenvalue weighted by atomic mass is 127. The number of aliphatic hydroxyl groups is 1. The monoisotopic (exact) mass is 334 g/mol. The molecule has 4 nitrogen and oxygen atoms in total. The molecule has 0 saturated carbocycles. The van der Waals surface area contributed by atoms with Gasteiger partial charge in [0.05, 0.1) is 26.0 Å². The van der Waals surface area contributed by atoms with E-state index in [-0.39, 0.29) is 12.8 Å². The first-order valence-electron chi connectivity index (χ1n) is 4.41. The molecule has 0 aliphatic heterocycles. The second kappa shape index (κ2) is 7.82. The van der Waals surface area contributed by atoms with Crippen molar-refractivity contribution in [3.05, 3.63) is 9.66 Å². The SMILES string of the molecule is CCOP(=O)(C/C=C(/I)CO)OCC. The highest BCUT2D eigenvalue weighted by Crippen LogP contribution is 2.48. The van der Waals surface area contributed by atoms with Crippen LogP contribution in [0.4, 0.5) is 0 Å². The Kier molecular flexibility index (Phi) is 8.14. The summed E-state index contributed by atoms with van der Waals surface area (Å²) in [6.07, 6.45) is 1.89. The Hall–Kier alpha value is 0.580. The summed E-state index contributed by atoms with van der Waals surface area (Å²) in [5.74, 6) is 0. The van der Waals surface area contributed by atoms with Crippen LogP contribution < -0.4 is 0 Å². The molecule has 0 bridgehead atoms. The predicted molar refractivity (Wildman–Crippen MR) is 64.9 cm³/mol. The van der Waals surface area contributed by atoms with Gasteiger partial charge in [-0.3, -0.25) is 4.57 Å². The normalized spacial score (nSPS) is 13.3. The smallest absolute Gasteiger partial charge is 0.334 e. The van der Waals surface area contributed by atoms with E-state index >= 15 is 0 Å². The molecule has 0 radical (unpaired) electrons. The summed E-state index contributed by atoms with van der Waals surface area (Å²) in [4.78, 5) is 0. The maximum Gasteiger partial charge on any atom is 0.334 e. The van der Waals surface area contributed by atoms with Gasteiger partial charge in [0.2, 0.25) is 0 Å². The average Bonchev–Trinajstić information content (AvgIpc) is 2.15. The van der Waals surface area contributed by atoms with Crippen molar-refractivity contribution in [1.82, 2.24) is 0 Å². The maximum absolute atomic E-state index is 11.9. The summed E-state index contributed by atoms with van der Waals surface area (Å²) in [5, 5.41) is 8.74. The Bertz CT molecular complexity index is 219. The molecule has 0 heterocycles. The molecule has 0 atom stereocenters. The molecule has 1 N–H and O–H groups in total. The van der Waals surface area contributed by atoms with Gasteiger partial charge in [-0.1, -0.05) is 6.08 Å². The van der Waals surface area contributed by atoms with Crippen molar-refractivity contribution in [2.75, 3.05) is 26.0 Å². The van der Waals surface area contributed by atoms with Crippen LogP contribution in [0.2, 0.25) is 0 Å². The van der Waals surface area contributed by atoms with Crippen molar-refractivity contribution in [3.8, 4) is 0 Å². The molecule has 0 fully saturated rings. The van der Waals surface area contributed by atoms with E-state index in [1.807, 2.05) is 22.6 Å². The van der Waals surface area contributed by atoms with Crippen LogP contribution >= 0.6 is 30.2 Å². The number of hydrogen-bond acceptors (Lipinski definition) is 4. The lowest BCUT2D eigenvalue weighted by molar-refractivity contribution is 0.222. The highest BCUT2D eigenvalue weighted by molar-refractivity contribution is 14.1. The molecular formula is C8H16IO4P. The van der Waals surface area contributed by atoms with E-state index in [2.05, 4.69) is 0 Å². The van der Waals surface area contributed by atoms with E-state index in [1.165, 1.54) is 0 Å². The summed E-state index contributed by atoms with van der Waals surface area (Å²) >= 11 is 1.98.